The molecule has 16 heteroatoms. The van der Waals surface area contributed by atoms with Gasteiger partial charge >= 0.3 is 0 Å². The summed E-state index contributed by atoms with van der Waals surface area (Å²) in [6, 6.07) is 6.38. The molecule has 0 atom stereocenters. The highest BCUT2D eigenvalue weighted by atomic mass is 16.5. The summed E-state index contributed by atoms with van der Waals surface area (Å²) < 4.78 is 11.9. The summed E-state index contributed by atoms with van der Waals surface area (Å²) in [6.45, 7) is 2.92. The van der Waals surface area contributed by atoms with E-state index in [1.807, 2.05) is 0 Å². The van der Waals surface area contributed by atoms with Gasteiger partial charge in [-0.1, -0.05) is 25.8 Å². The number of aromatic nitrogens is 2. The van der Waals surface area contributed by atoms with Gasteiger partial charge < -0.3 is 41.4 Å². The number of amidine groups is 1. The zero-order chi connectivity index (χ0) is 31.4. The van der Waals surface area contributed by atoms with Crippen molar-refractivity contribution in [3.63, 3.8) is 0 Å². The van der Waals surface area contributed by atoms with Gasteiger partial charge in [0.2, 0.25) is 6.41 Å². The van der Waals surface area contributed by atoms with E-state index >= 15 is 0 Å². The van der Waals surface area contributed by atoms with Crippen LogP contribution in [-0.4, -0.2) is 90.8 Å². The summed E-state index contributed by atoms with van der Waals surface area (Å²) in [5.74, 6) is -3.83. The van der Waals surface area contributed by atoms with E-state index in [4.69, 9.17) is 28.5 Å². The first kappa shape index (κ1) is 33.7. The number of nitrogens with one attached hydrogen (secondary N) is 4. The summed E-state index contributed by atoms with van der Waals surface area (Å²) in [5.41, 5.74) is 5.81. The number of carbonyl (C=O) groups is 3. The highest BCUT2D eigenvalue weighted by Gasteiger charge is 2.25. The Morgan fingerprint density at radius 2 is 2.00 bits per heavy atom. The van der Waals surface area contributed by atoms with E-state index in [-0.39, 0.29) is 41.0 Å². The minimum Gasteiger partial charge on any atom is -0.494 e. The Bertz CT molecular complexity index is 1350. The van der Waals surface area contributed by atoms with Crippen LogP contribution in [0.5, 0.6) is 5.75 Å². The monoisotopic (exact) mass is 582 g/mol. The molecule has 224 valence electrons. The fourth-order valence-corrected chi connectivity index (χ4v) is 3.31. The number of aryl methyl sites for hydroxylation is 1. The number of amides is 3. The van der Waals surface area contributed by atoms with Crippen molar-refractivity contribution in [3.8, 4) is 17.0 Å². The van der Waals surface area contributed by atoms with Crippen LogP contribution in [0.3, 0.4) is 0 Å². The molecule has 1 aromatic carbocycles. The Labute approximate surface area is 244 Å². The van der Waals surface area contributed by atoms with E-state index < -0.39 is 17.4 Å². The molecule has 1 aromatic heterocycles. The minimum absolute atomic E-state index is 0.158. The van der Waals surface area contributed by atoms with Crippen molar-refractivity contribution in [2.24, 2.45) is 23.7 Å². The third-order valence-electron chi connectivity index (χ3n) is 5.62. The Morgan fingerprint density at radius 3 is 2.55 bits per heavy atom. The molecule has 2 radical (unpaired) electrons. The zero-order valence-electron chi connectivity index (χ0n) is 23.8. The third kappa shape index (κ3) is 10.5. The number of hydrogen-bond donors (Lipinski definition) is 7. The number of aliphatic hydroxyl groups is 2. The fraction of sp³-hybridized carbons (Fsp3) is 0.385. The van der Waals surface area contributed by atoms with Gasteiger partial charge in [0.1, 0.15) is 17.2 Å². The topological polar surface area (TPSA) is 226 Å². The number of rotatable bonds is 13. The molecule has 8 N–H and O–H groups in total. The number of methoxy groups -OCH3 is 2. The van der Waals surface area contributed by atoms with E-state index in [1.165, 1.54) is 31.7 Å². The molecule has 0 saturated heterocycles. The van der Waals surface area contributed by atoms with Crippen molar-refractivity contribution in [1.29, 1.82) is 5.41 Å². The molecule has 1 aliphatic carbocycles. The molecule has 1 aliphatic rings. The molecular formula is C26H35BN8O7. The molecule has 0 bridgehead atoms. The molecule has 1 saturated carbocycles. The molecule has 2 aromatic rings. The van der Waals surface area contributed by atoms with E-state index in [0.717, 1.165) is 12.0 Å². The highest BCUT2D eigenvalue weighted by molar-refractivity contribution is 6.45. The first-order valence-electron chi connectivity index (χ1n) is 12.7. The molecule has 42 heavy (non-hydrogen) atoms. The van der Waals surface area contributed by atoms with Gasteiger partial charge in [-0.3, -0.25) is 24.5 Å². The Kier molecular flexibility index (Phi) is 12.4. The maximum Gasteiger partial charge on any atom is 0.274 e. The molecule has 3 rings (SSSR count). The number of aliphatic imine (C=N–C) groups is 1. The van der Waals surface area contributed by atoms with Gasteiger partial charge in [0.25, 0.3) is 11.8 Å². The SMILES string of the molecule is CC1CC1.[B]C(O)(O)NC(=O)C(=N)/C(=C\C(N)=NC=O)Nc1cccc(-c2cc(C(=O)NCCOC)n(C)n2)c1OC. The summed E-state index contributed by atoms with van der Waals surface area (Å²) in [6.07, 6.45) is 4.13. The molecule has 0 unspecified atom stereocenters. The number of hydrogen-bond acceptors (Lipinski definition) is 10. The van der Waals surface area contributed by atoms with Gasteiger partial charge in [-0.25, -0.2) is 0 Å². The minimum atomic E-state index is -3.10. The summed E-state index contributed by atoms with van der Waals surface area (Å²) >= 11 is 0. The first-order chi connectivity index (χ1) is 19.8. The smallest absolute Gasteiger partial charge is 0.274 e. The number of ether oxygens (including phenoxy) is 2. The van der Waals surface area contributed by atoms with E-state index in [2.05, 4.69) is 27.6 Å². The number of anilines is 1. The molecular weight excluding hydrogens is 547 g/mol. The molecule has 15 nitrogen and oxygen atoms in total. The zero-order valence-corrected chi connectivity index (χ0v) is 23.8. The summed E-state index contributed by atoms with van der Waals surface area (Å²) in [4.78, 5) is 38.9. The van der Waals surface area contributed by atoms with Crippen molar-refractivity contribution in [1.82, 2.24) is 20.4 Å². The van der Waals surface area contributed by atoms with Crippen LogP contribution in [0, 0.1) is 11.3 Å². The van der Waals surface area contributed by atoms with Crippen LogP contribution in [0.15, 0.2) is 41.0 Å². The average molecular weight is 582 g/mol. The van der Waals surface area contributed by atoms with Crippen LogP contribution < -0.4 is 26.4 Å². The lowest BCUT2D eigenvalue weighted by Gasteiger charge is -2.20. The largest absolute Gasteiger partial charge is 0.494 e. The molecule has 3 amide bonds. The van der Waals surface area contributed by atoms with Crippen LogP contribution in [0.25, 0.3) is 11.3 Å². The summed E-state index contributed by atoms with van der Waals surface area (Å²) in [5, 5.41) is 38.1. The van der Waals surface area contributed by atoms with Crippen LogP contribution in [0.1, 0.15) is 30.3 Å². The number of carbonyl (C=O) groups excluding carboxylic acids is 3. The predicted octanol–water partition coefficient (Wildman–Crippen LogP) is -0.402. The van der Waals surface area contributed by atoms with E-state index in [0.29, 0.717) is 24.4 Å². The summed E-state index contributed by atoms with van der Waals surface area (Å²) in [7, 11) is 9.44. The van der Waals surface area contributed by atoms with Crippen LogP contribution in [-0.2, 0) is 21.4 Å². The number of benzene rings is 1. The van der Waals surface area contributed by atoms with Crippen molar-refractivity contribution in [2.75, 3.05) is 32.7 Å². The molecule has 1 heterocycles. The normalized spacial score (nSPS) is 13.4. The lowest BCUT2D eigenvalue weighted by molar-refractivity contribution is -0.139. The lowest BCUT2D eigenvalue weighted by Crippen LogP contribution is -2.51. The quantitative estimate of drug-likeness (QED) is 0.0404. The standard InChI is InChI=1S/C22H27BN8O7.C4H8/c1-31-16(20(33)26-7-8-37-2)9-14(30-31)12-5-4-6-13(19(12)38-3)28-15(10-17(24)27-11-32)18(25)21(34)29-22(23,35)36;1-4-2-3-4/h4-6,9-11,25,28,35-36H,7-8H2,1-3H3,(H,26,33)(H,29,34)(H2,24,27,32);4H,2-3H2,1H3/b15-10+,25-18?;. The third-order valence-corrected chi connectivity index (χ3v) is 5.62. The maximum atomic E-state index is 12.5. The van der Waals surface area contributed by atoms with Gasteiger partial charge in [-0.2, -0.15) is 10.1 Å². The second-order valence-corrected chi connectivity index (χ2v) is 9.25. The first-order valence-corrected chi connectivity index (χ1v) is 12.7. The fourth-order valence-electron chi connectivity index (χ4n) is 3.31. The number of nitrogens with two attached hydrogens (primary N) is 1. The van der Waals surface area contributed by atoms with Gasteiger partial charge in [-0.15, -0.1) is 0 Å². The molecule has 1 fully saturated rings. The van der Waals surface area contributed by atoms with Gasteiger partial charge in [0.05, 0.1) is 30.8 Å². The van der Waals surface area contributed by atoms with Crippen molar-refractivity contribution >= 4 is 43.3 Å². The van der Waals surface area contributed by atoms with E-state index in [9.17, 15) is 24.6 Å². The maximum absolute atomic E-state index is 12.5. The predicted molar refractivity (Wildman–Crippen MR) is 156 cm³/mol. The molecule has 0 spiro atoms. The van der Waals surface area contributed by atoms with Gasteiger partial charge in [-0.05, 0) is 24.1 Å². The second-order valence-electron chi connectivity index (χ2n) is 9.25. The Balaban J connectivity index is 0.00000141. The van der Waals surface area contributed by atoms with Crippen LogP contribution in [0.4, 0.5) is 5.69 Å². The van der Waals surface area contributed by atoms with E-state index in [1.54, 1.807) is 36.6 Å². The number of para-hydroxylation sites is 1. The second kappa shape index (κ2) is 15.5. The van der Waals surface area contributed by atoms with Crippen molar-refractivity contribution in [2.45, 2.75) is 25.6 Å². The van der Waals surface area contributed by atoms with Crippen molar-refractivity contribution in [3.05, 3.63) is 41.7 Å². The lowest BCUT2D eigenvalue weighted by atomic mass is 10.0. The van der Waals surface area contributed by atoms with Crippen molar-refractivity contribution < 1.29 is 34.1 Å². The Morgan fingerprint density at radius 1 is 1.33 bits per heavy atom. The Hall–Kier alpha value is -4.54. The number of nitrogens with zero attached hydrogens (tertiary/aromatic N) is 3. The van der Waals surface area contributed by atoms with Gasteiger partial charge in [0.15, 0.2) is 19.4 Å². The van der Waals surface area contributed by atoms with Gasteiger partial charge in [0, 0.05) is 32.3 Å². The van der Waals surface area contributed by atoms with Crippen LogP contribution in [0.2, 0.25) is 0 Å². The molecule has 0 aliphatic heterocycles. The highest BCUT2D eigenvalue weighted by Crippen LogP contribution is 2.36. The van der Waals surface area contributed by atoms with Crippen LogP contribution >= 0.6 is 0 Å². The average Bonchev–Trinajstić information content (AvgIpc) is 3.61.